The number of hydrogen-bond donors (Lipinski definition) is 0. The normalized spacial score (nSPS) is 10.8. The van der Waals surface area contributed by atoms with Crippen molar-refractivity contribution >= 4 is 5.91 Å². The van der Waals surface area contributed by atoms with Crippen LogP contribution in [-0.4, -0.2) is 33.7 Å². The zero-order chi connectivity index (χ0) is 21.7. The van der Waals surface area contributed by atoms with Crippen LogP contribution < -0.4 is 4.74 Å². The van der Waals surface area contributed by atoms with Crippen LogP contribution in [0.5, 0.6) is 11.6 Å². The highest BCUT2D eigenvalue weighted by molar-refractivity contribution is 5.76. The zero-order valence-corrected chi connectivity index (χ0v) is 18.6. The first-order valence-electron chi connectivity index (χ1n) is 10.6. The Morgan fingerprint density at radius 1 is 1.00 bits per heavy atom. The molecule has 0 bridgehead atoms. The zero-order valence-electron chi connectivity index (χ0n) is 18.6. The van der Waals surface area contributed by atoms with Crippen LogP contribution >= 0.6 is 0 Å². The van der Waals surface area contributed by atoms with E-state index in [0.29, 0.717) is 18.7 Å². The molecule has 158 valence electrons. The van der Waals surface area contributed by atoms with Gasteiger partial charge in [0.25, 0.3) is 0 Å². The highest BCUT2D eigenvalue weighted by atomic mass is 16.5. The van der Waals surface area contributed by atoms with Crippen LogP contribution in [0.3, 0.4) is 0 Å². The average Bonchev–Trinajstić information content (AvgIpc) is 3.04. The molecule has 0 N–H and O–H groups in total. The topological polar surface area (TPSA) is 47.4 Å². The molecule has 0 unspecified atom stereocenters. The molecule has 0 radical (unpaired) electrons. The summed E-state index contributed by atoms with van der Waals surface area (Å²) in [5.74, 6) is 1.59. The first-order valence-corrected chi connectivity index (χ1v) is 10.6. The molecule has 0 fully saturated rings. The second-order valence-corrected chi connectivity index (χ2v) is 7.55. The van der Waals surface area contributed by atoms with Crippen molar-refractivity contribution in [1.82, 2.24) is 14.7 Å². The van der Waals surface area contributed by atoms with Crippen LogP contribution in [0.1, 0.15) is 42.7 Å². The Balaban J connectivity index is 1.99. The SMILES string of the molecule is CCN(CC)C(=O)CCc1c(C)nn(-c2ccccc2C)c1Oc1ccc(C)cc1. The molecule has 1 heterocycles. The Morgan fingerprint density at radius 3 is 2.30 bits per heavy atom. The van der Waals surface area contributed by atoms with E-state index in [2.05, 4.69) is 19.9 Å². The van der Waals surface area contributed by atoms with E-state index >= 15 is 0 Å². The van der Waals surface area contributed by atoms with E-state index in [-0.39, 0.29) is 5.91 Å². The molecular weight excluding hydrogens is 374 g/mol. The van der Waals surface area contributed by atoms with Gasteiger partial charge in [-0.2, -0.15) is 9.78 Å². The first kappa shape index (κ1) is 21.6. The van der Waals surface area contributed by atoms with Gasteiger partial charge in [0.05, 0.1) is 11.4 Å². The Kier molecular flexibility index (Phi) is 6.93. The fourth-order valence-corrected chi connectivity index (χ4v) is 3.58. The van der Waals surface area contributed by atoms with Crippen molar-refractivity contribution in [3.8, 4) is 17.3 Å². The number of benzene rings is 2. The molecule has 0 atom stereocenters. The highest BCUT2D eigenvalue weighted by Crippen LogP contribution is 2.32. The maximum atomic E-state index is 12.6. The molecule has 0 aliphatic heterocycles. The summed E-state index contributed by atoms with van der Waals surface area (Å²) in [4.78, 5) is 14.4. The van der Waals surface area contributed by atoms with E-state index in [4.69, 9.17) is 9.84 Å². The summed E-state index contributed by atoms with van der Waals surface area (Å²) in [5, 5.41) is 4.79. The van der Waals surface area contributed by atoms with Gasteiger partial charge in [-0.15, -0.1) is 0 Å². The monoisotopic (exact) mass is 405 g/mol. The number of aromatic nitrogens is 2. The van der Waals surface area contributed by atoms with Gasteiger partial charge < -0.3 is 9.64 Å². The Hall–Kier alpha value is -3.08. The molecule has 3 rings (SSSR count). The highest BCUT2D eigenvalue weighted by Gasteiger charge is 2.21. The average molecular weight is 406 g/mol. The van der Waals surface area contributed by atoms with Crippen LogP contribution in [-0.2, 0) is 11.2 Å². The van der Waals surface area contributed by atoms with Crippen LogP contribution in [0, 0.1) is 20.8 Å². The van der Waals surface area contributed by atoms with Crippen LogP contribution in [0.25, 0.3) is 5.69 Å². The summed E-state index contributed by atoms with van der Waals surface area (Å²) < 4.78 is 8.21. The third-order valence-corrected chi connectivity index (χ3v) is 5.42. The van der Waals surface area contributed by atoms with Crippen molar-refractivity contribution < 1.29 is 9.53 Å². The molecule has 0 saturated heterocycles. The maximum absolute atomic E-state index is 12.6. The van der Waals surface area contributed by atoms with Crippen molar-refractivity contribution in [2.75, 3.05) is 13.1 Å². The first-order chi connectivity index (χ1) is 14.4. The maximum Gasteiger partial charge on any atom is 0.226 e. The van der Waals surface area contributed by atoms with E-state index in [0.717, 1.165) is 41.3 Å². The summed E-state index contributed by atoms with van der Waals surface area (Å²) in [6.07, 6.45) is 1.03. The molecule has 5 nitrogen and oxygen atoms in total. The number of aryl methyl sites for hydroxylation is 3. The van der Waals surface area contributed by atoms with Gasteiger partial charge in [-0.1, -0.05) is 35.9 Å². The van der Waals surface area contributed by atoms with Gasteiger partial charge in [0.15, 0.2) is 0 Å². The van der Waals surface area contributed by atoms with Crippen molar-refractivity contribution in [3.63, 3.8) is 0 Å². The number of carbonyl (C=O) groups is 1. The molecule has 0 aliphatic carbocycles. The number of carbonyl (C=O) groups excluding carboxylic acids is 1. The van der Waals surface area contributed by atoms with Gasteiger partial charge in [-0.3, -0.25) is 4.79 Å². The van der Waals surface area contributed by atoms with Crippen molar-refractivity contribution in [1.29, 1.82) is 0 Å². The van der Waals surface area contributed by atoms with Gasteiger partial charge in [-0.05, 0) is 64.8 Å². The van der Waals surface area contributed by atoms with Crippen molar-refractivity contribution in [2.24, 2.45) is 0 Å². The van der Waals surface area contributed by atoms with E-state index in [1.807, 2.05) is 72.8 Å². The fourth-order valence-electron chi connectivity index (χ4n) is 3.58. The molecule has 5 heteroatoms. The number of hydrogen-bond acceptors (Lipinski definition) is 3. The third-order valence-electron chi connectivity index (χ3n) is 5.42. The lowest BCUT2D eigenvalue weighted by Gasteiger charge is -2.18. The predicted molar refractivity (Wildman–Crippen MR) is 121 cm³/mol. The molecule has 3 aromatic rings. The minimum atomic E-state index is 0.157. The molecule has 0 aliphatic rings. The van der Waals surface area contributed by atoms with Gasteiger partial charge in [-0.25, -0.2) is 0 Å². The summed E-state index contributed by atoms with van der Waals surface area (Å²) >= 11 is 0. The van der Waals surface area contributed by atoms with Crippen LogP contribution in [0.15, 0.2) is 48.5 Å². The summed E-state index contributed by atoms with van der Waals surface area (Å²) in [6, 6.07) is 16.1. The smallest absolute Gasteiger partial charge is 0.226 e. The Labute approximate surface area is 179 Å². The van der Waals surface area contributed by atoms with E-state index < -0.39 is 0 Å². The number of para-hydroxylation sites is 1. The molecule has 30 heavy (non-hydrogen) atoms. The summed E-state index contributed by atoms with van der Waals surface area (Å²) in [6.45, 7) is 11.6. The lowest BCUT2D eigenvalue weighted by atomic mass is 10.1. The Morgan fingerprint density at radius 2 is 1.67 bits per heavy atom. The second-order valence-electron chi connectivity index (χ2n) is 7.55. The van der Waals surface area contributed by atoms with E-state index in [1.165, 1.54) is 5.56 Å². The lowest BCUT2D eigenvalue weighted by Crippen LogP contribution is -2.30. The number of rotatable bonds is 8. The van der Waals surface area contributed by atoms with Crippen molar-refractivity contribution in [3.05, 3.63) is 70.9 Å². The second kappa shape index (κ2) is 9.61. The minimum absolute atomic E-state index is 0.157. The molecule has 0 spiro atoms. The van der Waals surface area contributed by atoms with Crippen LogP contribution in [0.2, 0.25) is 0 Å². The van der Waals surface area contributed by atoms with E-state index in [1.54, 1.807) is 0 Å². The van der Waals surface area contributed by atoms with Crippen molar-refractivity contribution in [2.45, 2.75) is 47.5 Å². The van der Waals surface area contributed by atoms with Gasteiger partial charge in [0.1, 0.15) is 5.75 Å². The predicted octanol–water partition coefficient (Wildman–Crippen LogP) is 5.39. The summed E-state index contributed by atoms with van der Waals surface area (Å²) in [5.41, 5.74) is 5.12. The van der Waals surface area contributed by atoms with Crippen LogP contribution in [0.4, 0.5) is 0 Å². The minimum Gasteiger partial charge on any atom is -0.439 e. The summed E-state index contributed by atoms with van der Waals surface area (Å²) in [7, 11) is 0. The molecule has 1 amide bonds. The lowest BCUT2D eigenvalue weighted by molar-refractivity contribution is -0.130. The van der Waals surface area contributed by atoms with E-state index in [9.17, 15) is 4.79 Å². The molecular formula is C25H31N3O2. The number of nitrogens with zero attached hydrogens (tertiary/aromatic N) is 3. The fraction of sp³-hybridized carbons (Fsp3) is 0.360. The van der Waals surface area contributed by atoms with Gasteiger partial charge in [0.2, 0.25) is 11.8 Å². The molecule has 2 aromatic carbocycles. The molecule has 1 aromatic heterocycles. The largest absolute Gasteiger partial charge is 0.439 e. The Bertz CT molecular complexity index is 1000. The quantitative estimate of drug-likeness (QED) is 0.505. The number of amides is 1. The third kappa shape index (κ3) is 4.73. The standard InChI is InChI=1S/C25H31N3O2/c1-6-27(7-2)24(29)17-16-22-20(5)26-28(23-11-9-8-10-19(23)4)25(22)30-21-14-12-18(3)13-15-21/h8-15H,6-7,16-17H2,1-5H3. The molecule has 0 saturated carbocycles. The van der Waals surface area contributed by atoms with Gasteiger partial charge in [0, 0.05) is 25.1 Å². The number of ether oxygens (including phenoxy) is 1. The van der Waals surface area contributed by atoms with Gasteiger partial charge >= 0.3 is 0 Å².